The molecule has 0 saturated carbocycles. The average molecular weight is 455 g/mol. The van der Waals surface area contributed by atoms with E-state index in [-0.39, 0.29) is 49.5 Å². The first kappa shape index (κ1) is 23.2. The van der Waals surface area contributed by atoms with E-state index >= 15 is 0 Å². The number of pyridine rings is 1. The second-order valence-corrected chi connectivity index (χ2v) is 8.78. The van der Waals surface area contributed by atoms with E-state index in [0.717, 1.165) is 16.9 Å². The van der Waals surface area contributed by atoms with Crippen molar-refractivity contribution in [2.75, 3.05) is 32.6 Å². The number of carbonyl (C=O) groups is 2. The molecule has 1 saturated heterocycles. The highest BCUT2D eigenvalue weighted by molar-refractivity contribution is 5.92. The molecule has 2 amide bonds. The molecular weight excluding hydrogens is 424 g/mol. The normalized spacial score (nSPS) is 23.4. The molecule has 9 heteroatoms. The Morgan fingerprint density at radius 2 is 1.97 bits per heavy atom. The highest BCUT2D eigenvalue weighted by Gasteiger charge is 2.46. The second kappa shape index (κ2) is 10.3. The summed E-state index contributed by atoms with van der Waals surface area (Å²) in [6.45, 7) is 0.513. The maximum Gasteiger partial charge on any atom is 0.238 e. The third-order valence-corrected chi connectivity index (χ3v) is 5.90. The first-order valence-corrected chi connectivity index (χ1v) is 11.1. The van der Waals surface area contributed by atoms with Gasteiger partial charge in [-0.25, -0.2) is 0 Å². The average Bonchev–Trinajstić information content (AvgIpc) is 3.15. The van der Waals surface area contributed by atoms with E-state index in [2.05, 4.69) is 15.6 Å². The number of rotatable bonds is 8. The van der Waals surface area contributed by atoms with Crippen LogP contribution in [-0.2, 0) is 20.9 Å². The summed E-state index contributed by atoms with van der Waals surface area (Å²) in [5.74, 6) is 0.477. The van der Waals surface area contributed by atoms with Gasteiger partial charge in [-0.3, -0.25) is 14.6 Å². The Balaban J connectivity index is 1.42. The SMILES string of the molecule is CN(C)CC(=O)Nc1ccc2c(c1)[C@H]1C[C@@H](CC(=O)NCc3ccncc3)O[C@@H](CO)[C@H]1O2. The van der Waals surface area contributed by atoms with Crippen molar-refractivity contribution >= 4 is 17.5 Å². The molecule has 176 valence electrons. The van der Waals surface area contributed by atoms with E-state index in [4.69, 9.17) is 9.47 Å². The van der Waals surface area contributed by atoms with Gasteiger partial charge in [-0.15, -0.1) is 0 Å². The lowest BCUT2D eigenvalue weighted by Gasteiger charge is -2.37. The maximum absolute atomic E-state index is 12.5. The van der Waals surface area contributed by atoms with E-state index in [1.165, 1.54) is 0 Å². The third kappa shape index (κ3) is 5.68. The van der Waals surface area contributed by atoms with Gasteiger partial charge in [0.05, 0.1) is 25.7 Å². The summed E-state index contributed by atoms with van der Waals surface area (Å²) in [7, 11) is 3.68. The largest absolute Gasteiger partial charge is 0.487 e. The van der Waals surface area contributed by atoms with Crippen LogP contribution in [0.1, 0.15) is 29.9 Å². The number of benzene rings is 1. The van der Waals surface area contributed by atoms with Crippen LogP contribution in [0.4, 0.5) is 5.69 Å². The lowest BCUT2D eigenvalue weighted by atomic mass is 9.84. The van der Waals surface area contributed by atoms with Crippen molar-refractivity contribution in [3.63, 3.8) is 0 Å². The standard InChI is InChI=1S/C24H30N4O5/c1-28(2)13-23(31)27-16-3-4-20-18(9-16)19-10-17(32-21(14-29)24(19)33-20)11-22(30)26-12-15-5-7-25-8-6-15/h3-9,17,19,21,24,29H,10-14H2,1-2H3,(H,26,30)(H,27,31)/t17-,19+,21-,24-/m0/s1. The summed E-state index contributed by atoms with van der Waals surface area (Å²) >= 11 is 0. The summed E-state index contributed by atoms with van der Waals surface area (Å²) < 4.78 is 12.1. The molecule has 1 fully saturated rings. The molecule has 9 nitrogen and oxygen atoms in total. The minimum atomic E-state index is -0.527. The molecule has 1 aromatic heterocycles. The van der Waals surface area contributed by atoms with Crippen molar-refractivity contribution < 1.29 is 24.2 Å². The Hall–Kier alpha value is -3.01. The number of likely N-dealkylation sites (N-methyl/N-ethyl adjacent to an activating group) is 1. The van der Waals surface area contributed by atoms with Crippen molar-refractivity contribution in [1.82, 2.24) is 15.2 Å². The van der Waals surface area contributed by atoms with Crippen LogP contribution in [0.5, 0.6) is 5.75 Å². The van der Waals surface area contributed by atoms with E-state index < -0.39 is 6.10 Å². The number of carbonyl (C=O) groups excluding carboxylic acids is 2. The zero-order valence-corrected chi connectivity index (χ0v) is 18.9. The number of aromatic nitrogens is 1. The fourth-order valence-corrected chi connectivity index (χ4v) is 4.43. The fourth-order valence-electron chi connectivity index (χ4n) is 4.43. The molecule has 4 rings (SSSR count). The topological polar surface area (TPSA) is 113 Å². The quantitative estimate of drug-likeness (QED) is 0.551. The van der Waals surface area contributed by atoms with Gasteiger partial charge in [0.15, 0.2) is 0 Å². The number of fused-ring (bicyclic) bond motifs is 3. The molecule has 2 aromatic rings. The molecular formula is C24H30N4O5. The molecule has 33 heavy (non-hydrogen) atoms. The monoisotopic (exact) mass is 454 g/mol. The van der Waals surface area contributed by atoms with Gasteiger partial charge < -0.3 is 30.1 Å². The van der Waals surface area contributed by atoms with Gasteiger partial charge in [-0.1, -0.05) is 0 Å². The fraction of sp³-hybridized carbons (Fsp3) is 0.458. The molecule has 0 unspecified atom stereocenters. The lowest BCUT2D eigenvalue weighted by Crippen LogP contribution is -2.47. The van der Waals surface area contributed by atoms with Crippen LogP contribution in [0.3, 0.4) is 0 Å². The van der Waals surface area contributed by atoms with Crippen LogP contribution >= 0.6 is 0 Å². The number of ether oxygens (including phenoxy) is 2. The van der Waals surface area contributed by atoms with Crippen LogP contribution in [-0.4, -0.2) is 72.4 Å². The number of nitrogens with one attached hydrogen (secondary N) is 2. The number of anilines is 1. The van der Waals surface area contributed by atoms with Crippen LogP contribution in [0, 0.1) is 0 Å². The van der Waals surface area contributed by atoms with E-state index in [1.807, 2.05) is 44.4 Å². The first-order chi connectivity index (χ1) is 15.9. The number of aliphatic hydroxyl groups is 1. The summed E-state index contributed by atoms with van der Waals surface area (Å²) in [4.78, 5) is 30.5. The Morgan fingerprint density at radius 3 is 2.70 bits per heavy atom. The Labute approximate surface area is 193 Å². The Morgan fingerprint density at radius 1 is 1.18 bits per heavy atom. The lowest BCUT2D eigenvalue weighted by molar-refractivity contribution is -0.142. The van der Waals surface area contributed by atoms with Crippen molar-refractivity contribution in [2.24, 2.45) is 0 Å². The minimum absolute atomic E-state index is 0.0328. The number of hydrogen-bond acceptors (Lipinski definition) is 7. The van der Waals surface area contributed by atoms with Crippen LogP contribution in [0.2, 0.25) is 0 Å². The van der Waals surface area contributed by atoms with E-state index in [1.54, 1.807) is 17.3 Å². The summed E-state index contributed by atoms with van der Waals surface area (Å²) in [5.41, 5.74) is 2.63. The van der Waals surface area contributed by atoms with Crippen molar-refractivity contribution in [3.8, 4) is 5.75 Å². The maximum atomic E-state index is 12.5. The second-order valence-electron chi connectivity index (χ2n) is 8.78. The highest BCUT2D eigenvalue weighted by Crippen LogP contribution is 2.47. The highest BCUT2D eigenvalue weighted by atomic mass is 16.6. The Bertz CT molecular complexity index is 984. The molecule has 2 aliphatic rings. The third-order valence-electron chi connectivity index (χ3n) is 5.90. The molecule has 0 spiro atoms. The van der Waals surface area contributed by atoms with Gasteiger partial charge in [-0.05, 0) is 56.4 Å². The Kier molecular flexibility index (Phi) is 7.22. The number of hydrogen-bond donors (Lipinski definition) is 3. The summed E-state index contributed by atoms with van der Waals surface area (Å²) in [6, 6.07) is 9.28. The first-order valence-electron chi connectivity index (χ1n) is 11.1. The van der Waals surface area contributed by atoms with Gasteiger partial charge in [-0.2, -0.15) is 0 Å². The summed E-state index contributed by atoms with van der Waals surface area (Å²) in [6.07, 6.45) is 2.96. The molecule has 0 bridgehead atoms. The molecule has 4 atom stereocenters. The van der Waals surface area contributed by atoms with Gasteiger partial charge in [0.1, 0.15) is 18.0 Å². The predicted molar refractivity (Wildman–Crippen MR) is 122 cm³/mol. The molecule has 0 radical (unpaired) electrons. The molecule has 3 N–H and O–H groups in total. The van der Waals surface area contributed by atoms with E-state index in [9.17, 15) is 14.7 Å². The minimum Gasteiger partial charge on any atom is -0.487 e. The van der Waals surface area contributed by atoms with Crippen molar-refractivity contribution in [1.29, 1.82) is 0 Å². The van der Waals surface area contributed by atoms with Crippen molar-refractivity contribution in [3.05, 3.63) is 53.9 Å². The zero-order valence-electron chi connectivity index (χ0n) is 18.9. The van der Waals surface area contributed by atoms with Gasteiger partial charge >= 0.3 is 0 Å². The van der Waals surface area contributed by atoms with Gasteiger partial charge in [0.2, 0.25) is 11.8 Å². The predicted octanol–water partition coefficient (Wildman–Crippen LogP) is 1.28. The number of aliphatic hydroxyl groups excluding tert-OH is 1. The molecule has 1 aromatic carbocycles. The smallest absolute Gasteiger partial charge is 0.238 e. The van der Waals surface area contributed by atoms with Crippen LogP contribution < -0.4 is 15.4 Å². The van der Waals surface area contributed by atoms with E-state index in [0.29, 0.717) is 18.7 Å². The van der Waals surface area contributed by atoms with Crippen molar-refractivity contribution in [2.45, 2.75) is 43.6 Å². The molecule has 0 aliphatic carbocycles. The number of amides is 2. The van der Waals surface area contributed by atoms with Crippen LogP contribution in [0.15, 0.2) is 42.7 Å². The summed E-state index contributed by atoms with van der Waals surface area (Å²) in [5, 5.41) is 15.7. The number of nitrogens with zero attached hydrogens (tertiary/aromatic N) is 2. The molecule has 2 aliphatic heterocycles. The van der Waals surface area contributed by atoms with Gasteiger partial charge in [0, 0.05) is 36.1 Å². The van der Waals surface area contributed by atoms with Crippen LogP contribution in [0.25, 0.3) is 0 Å². The molecule has 3 heterocycles. The van der Waals surface area contributed by atoms with Gasteiger partial charge in [0.25, 0.3) is 0 Å². The zero-order chi connectivity index (χ0) is 23.4.